The standard InChI is InChI=1S/C13H14N2O2/c1-17-12-4-2-10(3-5-12)8-11(16)9-13-14-6-7-15-13/h2-7H,8-9H2,1H3,(H,14,15). The third kappa shape index (κ3) is 3.17. The van der Waals surface area contributed by atoms with Crippen molar-refractivity contribution in [1.82, 2.24) is 9.97 Å². The third-order valence-corrected chi connectivity index (χ3v) is 2.48. The van der Waals surface area contributed by atoms with Crippen molar-refractivity contribution < 1.29 is 9.53 Å². The van der Waals surface area contributed by atoms with Gasteiger partial charge in [-0.2, -0.15) is 0 Å². The first kappa shape index (κ1) is 11.4. The SMILES string of the molecule is COc1ccc(CC(=O)Cc2ncc[nH]2)cc1. The van der Waals surface area contributed by atoms with Crippen LogP contribution in [0.25, 0.3) is 0 Å². The Morgan fingerprint density at radius 2 is 2.06 bits per heavy atom. The highest BCUT2D eigenvalue weighted by molar-refractivity contribution is 5.82. The minimum Gasteiger partial charge on any atom is -0.497 e. The van der Waals surface area contributed by atoms with Gasteiger partial charge in [-0.25, -0.2) is 4.98 Å². The van der Waals surface area contributed by atoms with Crippen molar-refractivity contribution in [1.29, 1.82) is 0 Å². The lowest BCUT2D eigenvalue weighted by Crippen LogP contribution is -2.07. The Balaban J connectivity index is 1.93. The monoisotopic (exact) mass is 230 g/mol. The molecule has 88 valence electrons. The lowest BCUT2D eigenvalue weighted by atomic mass is 10.1. The third-order valence-electron chi connectivity index (χ3n) is 2.48. The molecule has 0 spiro atoms. The zero-order valence-electron chi connectivity index (χ0n) is 9.64. The number of hydrogen-bond acceptors (Lipinski definition) is 3. The number of aromatic amines is 1. The molecule has 4 nitrogen and oxygen atoms in total. The summed E-state index contributed by atoms with van der Waals surface area (Å²) in [6, 6.07) is 7.52. The highest BCUT2D eigenvalue weighted by atomic mass is 16.5. The molecule has 2 aromatic rings. The van der Waals surface area contributed by atoms with Crippen LogP contribution in [-0.2, 0) is 17.6 Å². The van der Waals surface area contributed by atoms with E-state index in [1.54, 1.807) is 19.5 Å². The number of ether oxygens (including phenoxy) is 1. The maximum atomic E-state index is 11.7. The summed E-state index contributed by atoms with van der Waals surface area (Å²) < 4.78 is 5.06. The first-order valence-corrected chi connectivity index (χ1v) is 5.41. The molecule has 0 saturated carbocycles. The molecule has 0 amide bonds. The smallest absolute Gasteiger partial charge is 0.144 e. The fraction of sp³-hybridized carbons (Fsp3) is 0.231. The van der Waals surface area contributed by atoms with Gasteiger partial charge in [0.15, 0.2) is 0 Å². The van der Waals surface area contributed by atoms with E-state index in [4.69, 9.17) is 4.74 Å². The summed E-state index contributed by atoms with van der Waals surface area (Å²) >= 11 is 0. The van der Waals surface area contributed by atoms with Crippen molar-refractivity contribution in [2.24, 2.45) is 0 Å². The summed E-state index contributed by atoms with van der Waals surface area (Å²) in [4.78, 5) is 18.7. The van der Waals surface area contributed by atoms with Crippen molar-refractivity contribution in [2.45, 2.75) is 12.8 Å². The lowest BCUT2D eigenvalue weighted by Gasteiger charge is -2.02. The molecular formula is C13H14N2O2. The predicted octanol–water partition coefficient (Wildman–Crippen LogP) is 1.77. The summed E-state index contributed by atoms with van der Waals surface area (Å²) in [6.45, 7) is 0. The van der Waals surface area contributed by atoms with Crippen molar-refractivity contribution in [3.63, 3.8) is 0 Å². The molecule has 1 aromatic carbocycles. The van der Waals surface area contributed by atoms with Gasteiger partial charge in [-0.3, -0.25) is 4.79 Å². The number of aromatic nitrogens is 2. The number of carbonyl (C=O) groups is 1. The molecule has 0 aliphatic carbocycles. The number of hydrogen-bond donors (Lipinski definition) is 1. The topological polar surface area (TPSA) is 55.0 Å². The average Bonchev–Trinajstić information content (AvgIpc) is 2.82. The number of nitrogens with zero attached hydrogens (tertiary/aromatic N) is 1. The summed E-state index contributed by atoms with van der Waals surface area (Å²) in [5.74, 6) is 1.65. The minimum absolute atomic E-state index is 0.144. The van der Waals surface area contributed by atoms with Gasteiger partial charge in [0, 0.05) is 18.8 Å². The number of rotatable bonds is 5. The van der Waals surface area contributed by atoms with Crippen molar-refractivity contribution in [3.05, 3.63) is 48.0 Å². The fourth-order valence-corrected chi connectivity index (χ4v) is 1.61. The largest absolute Gasteiger partial charge is 0.497 e. The van der Waals surface area contributed by atoms with Crippen LogP contribution in [0, 0.1) is 0 Å². The second kappa shape index (κ2) is 5.30. The van der Waals surface area contributed by atoms with Gasteiger partial charge < -0.3 is 9.72 Å². The van der Waals surface area contributed by atoms with E-state index >= 15 is 0 Å². The van der Waals surface area contributed by atoms with Crippen molar-refractivity contribution >= 4 is 5.78 Å². The van der Waals surface area contributed by atoms with Gasteiger partial charge in [0.2, 0.25) is 0 Å². The Hall–Kier alpha value is -2.10. The van der Waals surface area contributed by atoms with Crippen LogP contribution in [-0.4, -0.2) is 22.9 Å². The van der Waals surface area contributed by atoms with Gasteiger partial charge in [0.25, 0.3) is 0 Å². The number of imidazole rings is 1. The quantitative estimate of drug-likeness (QED) is 0.851. The van der Waals surface area contributed by atoms with E-state index in [2.05, 4.69) is 9.97 Å². The second-order valence-corrected chi connectivity index (χ2v) is 3.78. The Bertz CT molecular complexity index is 475. The zero-order valence-corrected chi connectivity index (χ0v) is 9.64. The molecule has 0 bridgehead atoms. The van der Waals surface area contributed by atoms with E-state index in [-0.39, 0.29) is 5.78 Å². The zero-order chi connectivity index (χ0) is 12.1. The van der Waals surface area contributed by atoms with Crippen molar-refractivity contribution in [3.8, 4) is 5.75 Å². The summed E-state index contributed by atoms with van der Waals surface area (Å²) in [7, 11) is 1.62. The van der Waals surface area contributed by atoms with E-state index in [1.807, 2.05) is 24.3 Å². The Morgan fingerprint density at radius 3 is 2.65 bits per heavy atom. The predicted molar refractivity (Wildman–Crippen MR) is 64.0 cm³/mol. The van der Waals surface area contributed by atoms with Crippen LogP contribution in [0.5, 0.6) is 5.75 Å². The molecule has 2 rings (SSSR count). The van der Waals surface area contributed by atoms with E-state index in [1.165, 1.54) is 0 Å². The molecule has 1 heterocycles. The summed E-state index contributed by atoms with van der Waals surface area (Å²) in [5, 5.41) is 0. The maximum absolute atomic E-state index is 11.7. The normalized spacial score (nSPS) is 10.2. The number of benzene rings is 1. The molecule has 0 fully saturated rings. The van der Waals surface area contributed by atoms with Crippen molar-refractivity contribution in [2.75, 3.05) is 7.11 Å². The lowest BCUT2D eigenvalue weighted by molar-refractivity contribution is -0.117. The highest BCUT2D eigenvalue weighted by Gasteiger charge is 2.06. The molecule has 0 atom stereocenters. The van der Waals surface area contributed by atoms with E-state index in [9.17, 15) is 4.79 Å². The molecule has 4 heteroatoms. The Morgan fingerprint density at radius 1 is 1.29 bits per heavy atom. The van der Waals surface area contributed by atoms with Gasteiger partial charge in [-0.1, -0.05) is 12.1 Å². The molecule has 17 heavy (non-hydrogen) atoms. The highest BCUT2D eigenvalue weighted by Crippen LogP contribution is 2.12. The van der Waals surface area contributed by atoms with Gasteiger partial charge >= 0.3 is 0 Å². The number of carbonyl (C=O) groups excluding carboxylic acids is 1. The molecule has 0 saturated heterocycles. The fourth-order valence-electron chi connectivity index (χ4n) is 1.61. The molecule has 1 N–H and O–H groups in total. The number of Topliss-reactive ketones (excluding diaryl/α,β-unsaturated/α-hetero) is 1. The van der Waals surface area contributed by atoms with Gasteiger partial charge in [-0.15, -0.1) is 0 Å². The molecule has 0 aliphatic rings. The molecule has 0 radical (unpaired) electrons. The Labute approximate surface area is 99.7 Å². The van der Waals surface area contributed by atoms with Crippen LogP contribution in [0.4, 0.5) is 0 Å². The van der Waals surface area contributed by atoms with Crippen LogP contribution in [0.1, 0.15) is 11.4 Å². The van der Waals surface area contributed by atoms with Crippen LogP contribution >= 0.6 is 0 Å². The summed E-state index contributed by atoms with van der Waals surface area (Å²) in [6.07, 6.45) is 4.13. The number of ketones is 1. The maximum Gasteiger partial charge on any atom is 0.144 e. The van der Waals surface area contributed by atoms with Crippen LogP contribution in [0.3, 0.4) is 0 Å². The van der Waals surface area contributed by atoms with E-state index in [0.29, 0.717) is 18.7 Å². The molecule has 0 aliphatic heterocycles. The van der Waals surface area contributed by atoms with Crippen LogP contribution in [0.15, 0.2) is 36.7 Å². The minimum atomic E-state index is 0.144. The first-order valence-electron chi connectivity index (χ1n) is 5.41. The molecule has 0 unspecified atom stereocenters. The van der Waals surface area contributed by atoms with E-state index < -0.39 is 0 Å². The Kier molecular flexibility index (Phi) is 3.55. The van der Waals surface area contributed by atoms with Gasteiger partial charge in [0.1, 0.15) is 17.4 Å². The second-order valence-electron chi connectivity index (χ2n) is 3.78. The number of methoxy groups -OCH3 is 1. The average molecular weight is 230 g/mol. The molecular weight excluding hydrogens is 216 g/mol. The van der Waals surface area contributed by atoms with Crippen LogP contribution in [0.2, 0.25) is 0 Å². The molecule has 1 aromatic heterocycles. The van der Waals surface area contributed by atoms with Crippen LogP contribution < -0.4 is 4.74 Å². The summed E-state index contributed by atoms with van der Waals surface area (Å²) in [5.41, 5.74) is 0.988. The van der Waals surface area contributed by atoms with Gasteiger partial charge in [-0.05, 0) is 17.7 Å². The van der Waals surface area contributed by atoms with Gasteiger partial charge in [0.05, 0.1) is 13.5 Å². The van der Waals surface area contributed by atoms with E-state index in [0.717, 1.165) is 11.3 Å². The first-order chi connectivity index (χ1) is 8.28. The number of H-pyrrole nitrogens is 1. The number of nitrogens with one attached hydrogen (secondary N) is 1.